The van der Waals surface area contributed by atoms with Gasteiger partial charge in [0.15, 0.2) is 0 Å². The third kappa shape index (κ3) is 5.11. The number of nitrogens with zero attached hydrogens (tertiary/aromatic N) is 2. The molecule has 0 spiro atoms. The first-order valence-corrected chi connectivity index (χ1v) is 12.0. The highest BCUT2D eigenvalue weighted by atomic mass is 35.5. The summed E-state index contributed by atoms with van der Waals surface area (Å²) >= 11 is 7.40. The maximum absolute atomic E-state index is 12.9. The van der Waals surface area contributed by atoms with E-state index in [1.807, 2.05) is 12.1 Å². The summed E-state index contributed by atoms with van der Waals surface area (Å²) in [4.78, 5) is 33.6. The van der Waals surface area contributed by atoms with Gasteiger partial charge in [0.05, 0.1) is 29.1 Å². The Kier molecular flexibility index (Phi) is 7.08. The summed E-state index contributed by atoms with van der Waals surface area (Å²) in [5, 5.41) is 3.91. The van der Waals surface area contributed by atoms with Crippen LogP contribution < -0.4 is 5.32 Å². The fourth-order valence-corrected chi connectivity index (χ4v) is 5.03. The molecular weight excluding hydrogens is 446 g/mol. The molecular formula is C24H26ClN3O3S. The lowest BCUT2D eigenvalue weighted by Crippen LogP contribution is -2.26. The number of esters is 1. The van der Waals surface area contributed by atoms with Crippen molar-refractivity contribution in [1.29, 1.82) is 0 Å². The van der Waals surface area contributed by atoms with Gasteiger partial charge in [-0.1, -0.05) is 30.7 Å². The minimum atomic E-state index is -0.509. The number of methoxy groups -OCH3 is 1. The Morgan fingerprint density at radius 3 is 2.72 bits per heavy atom. The number of carbonyl (C=O) groups excluding carboxylic acids is 2. The molecule has 32 heavy (non-hydrogen) atoms. The molecule has 0 radical (unpaired) electrons. The zero-order valence-electron chi connectivity index (χ0n) is 18.2. The summed E-state index contributed by atoms with van der Waals surface area (Å²) in [7, 11) is 1.33. The molecule has 1 amide bonds. The summed E-state index contributed by atoms with van der Waals surface area (Å²) in [6.07, 6.45) is 3.72. The largest absolute Gasteiger partial charge is 0.465 e. The Morgan fingerprint density at radius 2 is 2.03 bits per heavy atom. The lowest BCUT2D eigenvalue weighted by molar-refractivity contribution is 0.0607. The topological polar surface area (TPSA) is 71.5 Å². The fraction of sp³-hybridized carbons (Fsp3) is 0.375. The smallest absolute Gasteiger partial charge is 0.350 e. The second-order valence-electron chi connectivity index (χ2n) is 8.07. The molecule has 3 aromatic rings. The number of rotatable bonds is 9. The second-order valence-corrected chi connectivity index (χ2v) is 9.47. The van der Waals surface area contributed by atoms with Crippen LogP contribution in [-0.2, 0) is 11.3 Å². The van der Waals surface area contributed by atoms with Crippen LogP contribution in [0.2, 0.25) is 5.02 Å². The van der Waals surface area contributed by atoms with Gasteiger partial charge in [-0.2, -0.15) is 0 Å². The first kappa shape index (κ1) is 22.7. The van der Waals surface area contributed by atoms with E-state index in [1.165, 1.54) is 31.3 Å². The van der Waals surface area contributed by atoms with Gasteiger partial charge in [-0.05, 0) is 56.0 Å². The number of halogens is 1. The molecule has 0 bridgehead atoms. The predicted molar refractivity (Wildman–Crippen MR) is 129 cm³/mol. The SMILES string of the molecule is CCCN(Cc1ccc2c(NC(=O)c3ccccc3Cl)c(C(=O)OC)sc2n1)CC1CC1. The van der Waals surface area contributed by atoms with Crippen LogP contribution in [0.25, 0.3) is 10.2 Å². The molecule has 1 N–H and O–H groups in total. The third-order valence-electron chi connectivity index (χ3n) is 5.48. The molecule has 0 atom stereocenters. The summed E-state index contributed by atoms with van der Waals surface area (Å²) in [6, 6.07) is 10.7. The van der Waals surface area contributed by atoms with Crippen LogP contribution >= 0.6 is 22.9 Å². The van der Waals surface area contributed by atoms with E-state index in [4.69, 9.17) is 21.3 Å². The first-order valence-electron chi connectivity index (χ1n) is 10.8. The number of nitrogens with one attached hydrogen (secondary N) is 1. The van der Waals surface area contributed by atoms with Gasteiger partial charge in [0.1, 0.15) is 9.71 Å². The highest BCUT2D eigenvalue weighted by Crippen LogP contribution is 2.36. The van der Waals surface area contributed by atoms with Gasteiger partial charge in [0.2, 0.25) is 0 Å². The van der Waals surface area contributed by atoms with Gasteiger partial charge in [0, 0.05) is 18.5 Å². The maximum Gasteiger partial charge on any atom is 0.350 e. The molecule has 1 aliphatic carbocycles. The van der Waals surface area contributed by atoms with Crippen LogP contribution in [0, 0.1) is 5.92 Å². The number of hydrogen-bond donors (Lipinski definition) is 1. The average Bonchev–Trinajstić information content (AvgIpc) is 3.53. The van der Waals surface area contributed by atoms with Crippen LogP contribution in [0.5, 0.6) is 0 Å². The molecule has 1 saturated carbocycles. The number of ether oxygens (including phenoxy) is 1. The van der Waals surface area contributed by atoms with Gasteiger partial charge < -0.3 is 10.1 Å². The standard InChI is InChI=1S/C24H26ClN3O3S/c1-3-12-28(13-15-8-9-15)14-16-10-11-18-20(21(24(30)31-2)32-23(18)26-16)27-22(29)17-6-4-5-7-19(17)25/h4-7,10-11,15H,3,8-9,12-14H2,1-2H3,(H,27,29). The quantitative estimate of drug-likeness (QED) is 0.410. The minimum absolute atomic E-state index is 0.316. The minimum Gasteiger partial charge on any atom is -0.465 e. The van der Waals surface area contributed by atoms with Crippen LogP contribution in [0.15, 0.2) is 36.4 Å². The van der Waals surface area contributed by atoms with Crippen LogP contribution in [0.1, 0.15) is 51.9 Å². The number of amides is 1. The van der Waals surface area contributed by atoms with Crippen molar-refractivity contribution < 1.29 is 14.3 Å². The van der Waals surface area contributed by atoms with Gasteiger partial charge in [-0.3, -0.25) is 9.69 Å². The zero-order chi connectivity index (χ0) is 22.7. The Morgan fingerprint density at radius 1 is 1.25 bits per heavy atom. The van der Waals surface area contributed by atoms with Crippen molar-refractivity contribution in [1.82, 2.24) is 9.88 Å². The highest BCUT2D eigenvalue weighted by Gasteiger charge is 2.25. The molecule has 1 aromatic carbocycles. The second kappa shape index (κ2) is 9.98. The van der Waals surface area contributed by atoms with Crippen LogP contribution in [-0.4, -0.2) is 42.0 Å². The number of hydrogen-bond acceptors (Lipinski definition) is 6. The van der Waals surface area contributed by atoms with E-state index in [1.54, 1.807) is 24.3 Å². The van der Waals surface area contributed by atoms with Crippen molar-refractivity contribution >= 4 is 50.7 Å². The molecule has 0 unspecified atom stereocenters. The Bertz CT molecular complexity index is 1140. The highest BCUT2D eigenvalue weighted by molar-refractivity contribution is 7.21. The molecule has 6 nitrogen and oxygen atoms in total. The molecule has 4 rings (SSSR count). The van der Waals surface area contributed by atoms with Gasteiger partial charge >= 0.3 is 5.97 Å². The Balaban J connectivity index is 1.64. The molecule has 2 heterocycles. The summed E-state index contributed by atoms with van der Waals surface area (Å²) in [5.41, 5.74) is 1.70. The number of benzene rings is 1. The van der Waals surface area contributed by atoms with E-state index in [-0.39, 0.29) is 5.91 Å². The number of fused-ring (bicyclic) bond motifs is 1. The molecule has 8 heteroatoms. The summed E-state index contributed by atoms with van der Waals surface area (Å²) < 4.78 is 4.95. The molecule has 0 aliphatic heterocycles. The predicted octanol–water partition coefficient (Wildman–Crippen LogP) is 5.61. The van der Waals surface area contributed by atoms with E-state index < -0.39 is 5.97 Å². The molecule has 1 fully saturated rings. The van der Waals surface area contributed by atoms with Gasteiger partial charge in [-0.15, -0.1) is 11.3 Å². The van der Waals surface area contributed by atoms with Crippen LogP contribution in [0.3, 0.4) is 0 Å². The molecule has 0 saturated heterocycles. The van der Waals surface area contributed by atoms with Crippen LogP contribution in [0.4, 0.5) is 5.69 Å². The van der Waals surface area contributed by atoms with Crippen molar-refractivity contribution in [3.05, 3.63) is 57.6 Å². The van der Waals surface area contributed by atoms with E-state index in [2.05, 4.69) is 17.1 Å². The van der Waals surface area contributed by atoms with Gasteiger partial charge in [-0.25, -0.2) is 9.78 Å². The fourth-order valence-electron chi connectivity index (χ4n) is 3.74. The Hall–Kier alpha value is -2.48. The van der Waals surface area contributed by atoms with E-state index in [9.17, 15) is 9.59 Å². The van der Waals surface area contributed by atoms with Gasteiger partial charge in [0.25, 0.3) is 5.91 Å². The maximum atomic E-state index is 12.9. The monoisotopic (exact) mass is 471 g/mol. The van der Waals surface area contributed by atoms with Crippen molar-refractivity contribution in [2.24, 2.45) is 5.92 Å². The van der Waals surface area contributed by atoms with E-state index >= 15 is 0 Å². The third-order valence-corrected chi connectivity index (χ3v) is 6.89. The van der Waals surface area contributed by atoms with Crippen molar-refractivity contribution in [3.8, 4) is 0 Å². The Labute approximate surface area is 196 Å². The molecule has 2 aromatic heterocycles. The summed E-state index contributed by atoms with van der Waals surface area (Å²) in [6.45, 7) is 5.09. The summed E-state index contributed by atoms with van der Waals surface area (Å²) in [5.74, 6) is -0.0852. The van der Waals surface area contributed by atoms with E-state index in [0.717, 1.165) is 37.7 Å². The van der Waals surface area contributed by atoms with Crippen molar-refractivity contribution in [3.63, 3.8) is 0 Å². The molecule has 1 aliphatic rings. The average molecular weight is 472 g/mol. The number of pyridine rings is 1. The van der Waals surface area contributed by atoms with Crippen molar-refractivity contribution in [2.45, 2.75) is 32.7 Å². The van der Waals surface area contributed by atoms with E-state index in [0.29, 0.717) is 31.4 Å². The van der Waals surface area contributed by atoms with Crippen molar-refractivity contribution in [2.75, 3.05) is 25.5 Å². The lowest BCUT2D eigenvalue weighted by atomic mass is 10.2. The number of anilines is 1. The number of thiophene rings is 1. The zero-order valence-corrected chi connectivity index (χ0v) is 19.8. The lowest BCUT2D eigenvalue weighted by Gasteiger charge is -2.21. The number of carbonyl (C=O) groups is 2. The first-order chi connectivity index (χ1) is 15.5. The molecule has 168 valence electrons. The number of aromatic nitrogens is 1. The normalized spacial score (nSPS) is 13.5.